The SMILES string of the molecule is CC(C)(C)COc1c(/C=C/c2nc3ccccn3c2C(=O)Nc2nc(C3CC3)cs2)cccc1OC(F)F. The van der Waals surface area contributed by atoms with Crippen molar-refractivity contribution in [3.8, 4) is 11.5 Å². The minimum absolute atomic E-state index is 0.0606. The lowest BCUT2D eigenvalue weighted by Gasteiger charge is -2.21. The number of amides is 1. The van der Waals surface area contributed by atoms with E-state index in [1.807, 2.05) is 38.3 Å². The van der Waals surface area contributed by atoms with Gasteiger partial charge in [0.1, 0.15) is 11.3 Å². The first-order valence-corrected chi connectivity index (χ1v) is 13.2. The highest BCUT2D eigenvalue weighted by molar-refractivity contribution is 7.14. The summed E-state index contributed by atoms with van der Waals surface area (Å²) in [6.07, 6.45) is 7.38. The summed E-state index contributed by atoms with van der Waals surface area (Å²) < 4.78 is 38.5. The number of rotatable bonds is 9. The van der Waals surface area contributed by atoms with Crippen molar-refractivity contribution in [3.05, 3.63) is 70.6 Å². The summed E-state index contributed by atoms with van der Waals surface area (Å²) in [6.45, 7) is 3.24. The first-order chi connectivity index (χ1) is 18.2. The van der Waals surface area contributed by atoms with Gasteiger partial charge < -0.3 is 9.47 Å². The van der Waals surface area contributed by atoms with Crippen molar-refractivity contribution in [2.24, 2.45) is 5.41 Å². The average Bonchev–Trinajstić information content (AvgIpc) is 3.48. The van der Waals surface area contributed by atoms with Gasteiger partial charge in [-0.1, -0.05) is 39.0 Å². The van der Waals surface area contributed by atoms with E-state index in [4.69, 9.17) is 9.47 Å². The second-order valence-corrected chi connectivity index (χ2v) is 11.2. The molecule has 0 spiro atoms. The van der Waals surface area contributed by atoms with E-state index in [1.165, 1.54) is 17.4 Å². The molecule has 38 heavy (non-hydrogen) atoms. The summed E-state index contributed by atoms with van der Waals surface area (Å²) in [5, 5.41) is 5.42. The topological polar surface area (TPSA) is 77.8 Å². The number of hydrogen-bond acceptors (Lipinski definition) is 6. The molecule has 0 unspecified atom stereocenters. The molecule has 0 saturated heterocycles. The van der Waals surface area contributed by atoms with E-state index in [0.717, 1.165) is 18.5 Å². The Hall–Kier alpha value is -3.79. The Bertz CT molecular complexity index is 1490. The van der Waals surface area contributed by atoms with Gasteiger partial charge in [-0.25, -0.2) is 9.97 Å². The Labute approximate surface area is 223 Å². The Morgan fingerprint density at radius 1 is 1.18 bits per heavy atom. The molecule has 3 aromatic heterocycles. The number of aromatic nitrogens is 3. The van der Waals surface area contributed by atoms with Gasteiger partial charge in [-0.2, -0.15) is 8.78 Å². The standard InChI is InChI=1S/C28H28F2N4O3S/c1-28(2,3)16-36-24-18(7-6-8-21(24)37-26(29)30)12-13-19-23(34-14-5-4-9-22(34)31-19)25(35)33-27-32-20(15-38-27)17-10-11-17/h4-9,12-15,17,26H,10-11,16H2,1-3H3,(H,32,33,35)/b13-12+. The van der Waals surface area contributed by atoms with E-state index in [9.17, 15) is 13.6 Å². The van der Waals surface area contributed by atoms with Crippen molar-refractivity contribution >= 4 is 40.2 Å². The van der Waals surface area contributed by atoms with Gasteiger partial charge in [-0.3, -0.25) is 14.5 Å². The second-order valence-electron chi connectivity index (χ2n) is 10.3. The Morgan fingerprint density at radius 3 is 2.74 bits per heavy atom. The van der Waals surface area contributed by atoms with Crippen LogP contribution in [0.2, 0.25) is 0 Å². The summed E-state index contributed by atoms with van der Waals surface area (Å²) in [6, 6.07) is 10.2. The van der Waals surface area contributed by atoms with Gasteiger partial charge in [-0.05, 0) is 48.6 Å². The van der Waals surface area contributed by atoms with E-state index in [2.05, 4.69) is 15.3 Å². The minimum Gasteiger partial charge on any atom is -0.489 e. The molecule has 1 aliphatic rings. The molecule has 198 valence electrons. The van der Waals surface area contributed by atoms with Crippen molar-refractivity contribution in [2.45, 2.75) is 46.1 Å². The van der Waals surface area contributed by atoms with Crippen molar-refractivity contribution in [3.63, 3.8) is 0 Å². The van der Waals surface area contributed by atoms with Crippen LogP contribution >= 0.6 is 11.3 Å². The fraction of sp³-hybridized carbons (Fsp3) is 0.321. The number of imidazole rings is 1. The van der Waals surface area contributed by atoms with Crippen LogP contribution in [0.5, 0.6) is 11.5 Å². The number of para-hydroxylation sites is 1. The van der Waals surface area contributed by atoms with Gasteiger partial charge >= 0.3 is 6.61 Å². The maximum Gasteiger partial charge on any atom is 0.387 e. The van der Waals surface area contributed by atoms with Gasteiger partial charge in [0.05, 0.1) is 18.0 Å². The molecule has 0 aliphatic heterocycles. The summed E-state index contributed by atoms with van der Waals surface area (Å²) >= 11 is 1.40. The first-order valence-electron chi connectivity index (χ1n) is 12.3. The number of benzene rings is 1. The van der Waals surface area contributed by atoms with Crippen LogP contribution in [0.1, 0.15) is 67.0 Å². The number of fused-ring (bicyclic) bond motifs is 1. The van der Waals surface area contributed by atoms with Crippen molar-refractivity contribution in [1.29, 1.82) is 0 Å². The van der Waals surface area contributed by atoms with E-state index in [0.29, 0.717) is 33.6 Å². The molecule has 0 atom stereocenters. The lowest BCUT2D eigenvalue weighted by atomic mass is 9.98. The molecule has 0 bridgehead atoms. The molecule has 5 rings (SSSR count). The summed E-state index contributed by atoms with van der Waals surface area (Å²) in [5.41, 5.74) is 2.66. The number of pyridine rings is 1. The molecule has 1 saturated carbocycles. The summed E-state index contributed by atoms with van der Waals surface area (Å²) in [4.78, 5) is 22.6. The molecule has 7 nitrogen and oxygen atoms in total. The molecule has 1 fully saturated rings. The molecule has 1 aliphatic carbocycles. The third kappa shape index (κ3) is 6.02. The minimum atomic E-state index is -2.99. The Morgan fingerprint density at radius 2 is 2.00 bits per heavy atom. The highest BCUT2D eigenvalue weighted by Crippen LogP contribution is 2.41. The number of anilines is 1. The average molecular weight is 539 g/mol. The highest BCUT2D eigenvalue weighted by Gasteiger charge is 2.27. The molecule has 1 aromatic carbocycles. The molecule has 3 heterocycles. The molecule has 0 radical (unpaired) electrons. The molecule has 4 aromatic rings. The number of nitrogens with one attached hydrogen (secondary N) is 1. The number of carbonyl (C=O) groups is 1. The van der Waals surface area contributed by atoms with E-state index in [1.54, 1.807) is 40.9 Å². The van der Waals surface area contributed by atoms with Crippen LogP contribution in [0.15, 0.2) is 48.0 Å². The number of thiazole rings is 1. The zero-order chi connectivity index (χ0) is 26.9. The Balaban J connectivity index is 1.48. The number of alkyl halides is 2. The predicted molar refractivity (Wildman–Crippen MR) is 144 cm³/mol. The third-order valence-electron chi connectivity index (χ3n) is 5.81. The monoisotopic (exact) mass is 538 g/mol. The van der Waals surface area contributed by atoms with Crippen LogP contribution in [0.25, 0.3) is 17.8 Å². The molecule has 1 N–H and O–H groups in total. The maximum atomic E-state index is 13.4. The maximum absolute atomic E-state index is 13.4. The van der Waals surface area contributed by atoms with E-state index in [-0.39, 0.29) is 29.4 Å². The largest absolute Gasteiger partial charge is 0.489 e. The zero-order valence-corrected chi connectivity index (χ0v) is 22.1. The number of ether oxygens (including phenoxy) is 2. The van der Waals surface area contributed by atoms with Gasteiger partial charge in [0.15, 0.2) is 16.6 Å². The third-order valence-corrected chi connectivity index (χ3v) is 6.58. The van der Waals surface area contributed by atoms with Gasteiger partial charge in [0.25, 0.3) is 5.91 Å². The molecular weight excluding hydrogens is 510 g/mol. The number of carbonyl (C=O) groups excluding carboxylic acids is 1. The fourth-order valence-electron chi connectivity index (χ4n) is 3.89. The zero-order valence-electron chi connectivity index (χ0n) is 21.3. The summed E-state index contributed by atoms with van der Waals surface area (Å²) in [5.74, 6) is 0.281. The normalized spacial score (nSPS) is 13.9. The first kappa shape index (κ1) is 25.8. The van der Waals surface area contributed by atoms with E-state index >= 15 is 0 Å². The Kier molecular flexibility index (Phi) is 7.16. The van der Waals surface area contributed by atoms with Gasteiger partial charge in [-0.15, -0.1) is 11.3 Å². The fourth-order valence-corrected chi connectivity index (χ4v) is 4.67. The van der Waals surface area contributed by atoms with Crippen molar-refractivity contribution in [1.82, 2.24) is 14.4 Å². The highest BCUT2D eigenvalue weighted by atomic mass is 32.1. The van der Waals surface area contributed by atoms with Crippen LogP contribution in [0.4, 0.5) is 13.9 Å². The summed E-state index contributed by atoms with van der Waals surface area (Å²) in [7, 11) is 0. The van der Waals surface area contributed by atoms with Crippen LogP contribution in [0, 0.1) is 5.41 Å². The predicted octanol–water partition coefficient (Wildman–Crippen LogP) is 7.12. The van der Waals surface area contributed by atoms with Crippen molar-refractivity contribution < 1.29 is 23.0 Å². The van der Waals surface area contributed by atoms with Crippen LogP contribution < -0.4 is 14.8 Å². The van der Waals surface area contributed by atoms with Crippen LogP contribution in [-0.4, -0.2) is 33.5 Å². The number of nitrogens with zero attached hydrogens (tertiary/aromatic N) is 3. The van der Waals surface area contributed by atoms with E-state index < -0.39 is 6.61 Å². The van der Waals surface area contributed by atoms with Gasteiger partial charge in [0, 0.05) is 23.1 Å². The van der Waals surface area contributed by atoms with Gasteiger partial charge in [0.2, 0.25) is 0 Å². The second kappa shape index (κ2) is 10.5. The molecule has 10 heteroatoms. The number of hydrogen-bond donors (Lipinski definition) is 1. The van der Waals surface area contributed by atoms with Crippen LogP contribution in [-0.2, 0) is 0 Å². The lowest BCUT2D eigenvalue weighted by molar-refractivity contribution is -0.0517. The van der Waals surface area contributed by atoms with Crippen LogP contribution in [0.3, 0.4) is 0 Å². The lowest BCUT2D eigenvalue weighted by Crippen LogP contribution is -2.18. The van der Waals surface area contributed by atoms with Crippen molar-refractivity contribution in [2.75, 3.05) is 11.9 Å². The number of halogens is 2. The quantitative estimate of drug-likeness (QED) is 0.246. The molecule has 1 amide bonds. The smallest absolute Gasteiger partial charge is 0.387 e. The molecular formula is C28H28F2N4O3S.